The summed E-state index contributed by atoms with van der Waals surface area (Å²) < 4.78 is 0. The van der Waals surface area contributed by atoms with Crippen LogP contribution in [0.5, 0.6) is 0 Å². The van der Waals surface area contributed by atoms with Crippen molar-refractivity contribution < 1.29 is 0 Å². The Kier molecular flexibility index (Phi) is 3.88. The van der Waals surface area contributed by atoms with Crippen LogP contribution in [0.4, 0.5) is 0 Å². The largest absolute Gasteiger partial charge is 0.269 e. The molecular weight excluding hydrogens is 220 g/mol. The molecule has 0 fully saturated rings. The van der Waals surface area contributed by atoms with E-state index in [0.29, 0.717) is 0 Å². The molecule has 2 rings (SSSR count). The molecule has 2 nitrogen and oxygen atoms in total. The maximum absolute atomic E-state index is 9.16. The fraction of sp³-hybridized carbons (Fsp3) is 0.125. The van der Waals surface area contributed by atoms with Crippen molar-refractivity contribution >= 4 is 6.21 Å². The predicted octanol–water partition coefficient (Wildman–Crippen LogP) is 3.68. The average molecular weight is 234 g/mol. The normalized spacial score (nSPS) is 12.2. The molecule has 0 bridgehead atoms. The van der Waals surface area contributed by atoms with Gasteiger partial charge in [0.15, 0.2) is 6.04 Å². The molecule has 0 spiro atoms. The van der Waals surface area contributed by atoms with E-state index in [1.807, 2.05) is 61.5 Å². The highest BCUT2D eigenvalue weighted by Gasteiger charge is 2.06. The zero-order valence-electron chi connectivity index (χ0n) is 10.2. The lowest BCUT2D eigenvalue weighted by molar-refractivity contribution is 0.932. The van der Waals surface area contributed by atoms with Crippen LogP contribution in [0, 0.1) is 18.3 Å². The molecule has 88 valence electrons. The first kappa shape index (κ1) is 12.1. The van der Waals surface area contributed by atoms with E-state index >= 15 is 0 Å². The second-order valence-corrected chi connectivity index (χ2v) is 4.13. The lowest BCUT2D eigenvalue weighted by Crippen LogP contribution is -1.93. The van der Waals surface area contributed by atoms with Crippen molar-refractivity contribution in [2.24, 2.45) is 4.99 Å². The smallest absolute Gasteiger partial charge is 0.161 e. The molecular formula is C16H14N2. The minimum absolute atomic E-state index is 0.439. The SMILES string of the molecule is Cc1ccc([C@@H](C#N)N=Cc2ccccc2)cc1. The van der Waals surface area contributed by atoms with Crippen LogP contribution in [0.15, 0.2) is 59.6 Å². The van der Waals surface area contributed by atoms with Crippen LogP contribution in [0.1, 0.15) is 22.7 Å². The Morgan fingerprint density at radius 1 is 1.06 bits per heavy atom. The van der Waals surface area contributed by atoms with Crippen molar-refractivity contribution in [1.82, 2.24) is 0 Å². The molecule has 1 atom stereocenters. The van der Waals surface area contributed by atoms with Crippen LogP contribution >= 0.6 is 0 Å². The van der Waals surface area contributed by atoms with Gasteiger partial charge in [0.2, 0.25) is 0 Å². The second-order valence-electron chi connectivity index (χ2n) is 4.13. The molecule has 0 unspecified atom stereocenters. The third-order valence-electron chi connectivity index (χ3n) is 2.69. The summed E-state index contributed by atoms with van der Waals surface area (Å²) in [6, 6.07) is 19.5. The number of nitrogens with zero attached hydrogens (tertiary/aromatic N) is 2. The molecule has 2 aromatic rings. The van der Waals surface area contributed by atoms with E-state index in [1.165, 1.54) is 5.56 Å². The fourth-order valence-electron chi connectivity index (χ4n) is 1.64. The number of rotatable bonds is 3. The molecule has 0 saturated heterocycles. The molecule has 0 saturated carbocycles. The number of hydrogen-bond acceptors (Lipinski definition) is 2. The molecule has 18 heavy (non-hydrogen) atoms. The van der Waals surface area contributed by atoms with Gasteiger partial charge in [0.25, 0.3) is 0 Å². The van der Waals surface area contributed by atoms with Crippen LogP contribution in [0.3, 0.4) is 0 Å². The third-order valence-corrected chi connectivity index (χ3v) is 2.69. The summed E-state index contributed by atoms with van der Waals surface area (Å²) in [5.74, 6) is 0. The topological polar surface area (TPSA) is 36.1 Å². The zero-order valence-corrected chi connectivity index (χ0v) is 10.2. The first-order chi connectivity index (χ1) is 8.79. The Hall–Kier alpha value is -2.40. The van der Waals surface area contributed by atoms with Gasteiger partial charge in [-0.1, -0.05) is 60.2 Å². The number of aryl methyl sites for hydroxylation is 1. The standard InChI is InChI=1S/C16H14N2/c1-13-7-9-15(10-8-13)16(11-17)18-12-14-5-3-2-4-6-14/h2-10,12,16H,1H3/t16-/m1/s1. The van der Waals surface area contributed by atoms with E-state index in [1.54, 1.807) is 6.21 Å². The van der Waals surface area contributed by atoms with E-state index in [9.17, 15) is 0 Å². The zero-order chi connectivity index (χ0) is 12.8. The maximum Gasteiger partial charge on any atom is 0.161 e. The summed E-state index contributed by atoms with van der Waals surface area (Å²) in [5.41, 5.74) is 3.11. The van der Waals surface area contributed by atoms with Gasteiger partial charge in [-0.15, -0.1) is 0 Å². The number of nitriles is 1. The number of benzene rings is 2. The van der Waals surface area contributed by atoms with Gasteiger partial charge < -0.3 is 0 Å². The minimum atomic E-state index is -0.439. The van der Waals surface area contributed by atoms with Crippen molar-refractivity contribution in [3.05, 3.63) is 71.3 Å². The average Bonchev–Trinajstić information content (AvgIpc) is 2.42. The molecule has 0 amide bonds. The van der Waals surface area contributed by atoms with E-state index < -0.39 is 6.04 Å². The highest BCUT2D eigenvalue weighted by atomic mass is 14.8. The summed E-state index contributed by atoms with van der Waals surface area (Å²) in [6.45, 7) is 2.03. The highest BCUT2D eigenvalue weighted by molar-refractivity contribution is 5.79. The van der Waals surface area contributed by atoms with Crippen LogP contribution in [0.2, 0.25) is 0 Å². The number of hydrogen-bond donors (Lipinski definition) is 0. The molecule has 0 aliphatic rings. The molecule has 0 radical (unpaired) electrons. The summed E-state index contributed by atoms with van der Waals surface area (Å²) in [6.07, 6.45) is 1.74. The van der Waals surface area contributed by atoms with Crippen molar-refractivity contribution in [3.63, 3.8) is 0 Å². The first-order valence-corrected chi connectivity index (χ1v) is 5.84. The van der Waals surface area contributed by atoms with Crippen molar-refractivity contribution in [2.45, 2.75) is 13.0 Å². The van der Waals surface area contributed by atoms with Crippen molar-refractivity contribution in [3.8, 4) is 6.07 Å². The highest BCUT2D eigenvalue weighted by Crippen LogP contribution is 2.17. The fourth-order valence-corrected chi connectivity index (χ4v) is 1.64. The summed E-state index contributed by atoms with van der Waals surface area (Å²) in [5, 5.41) is 9.16. The third kappa shape index (κ3) is 3.05. The van der Waals surface area contributed by atoms with Gasteiger partial charge in [0.1, 0.15) is 0 Å². The van der Waals surface area contributed by atoms with E-state index in [4.69, 9.17) is 5.26 Å². The molecule has 2 heteroatoms. The van der Waals surface area contributed by atoms with Crippen LogP contribution < -0.4 is 0 Å². The molecule has 2 aromatic carbocycles. The maximum atomic E-state index is 9.16. The Labute approximate surface area is 107 Å². The lowest BCUT2D eigenvalue weighted by Gasteiger charge is -2.04. The molecule has 0 heterocycles. The molecule has 0 aliphatic carbocycles. The van der Waals surface area contributed by atoms with Crippen molar-refractivity contribution in [2.75, 3.05) is 0 Å². The van der Waals surface area contributed by atoms with E-state index in [0.717, 1.165) is 11.1 Å². The van der Waals surface area contributed by atoms with Gasteiger partial charge >= 0.3 is 0 Å². The van der Waals surface area contributed by atoms with E-state index in [-0.39, 0.29) is 0 Å². The quantitative estimate of drug-likeness (QED) is 0.746. The summed E-state index contributed by atoms with van der Waals surface area (Å²) in [4.78, 5) is 4.33. The summed E-state index contributed by atoms with van der Waals surface area (Å²) >= 11 is 0. The van der Waals surface area contributed by atoms with Gasteiger partial charge in [-0.2, -0.15) is 5.26 Å². The van der Waals surface area contributed by atoms with Gasteiger partial charge in [-0.3, -0.25) is 4.99 Å². The molecule has 0 aliphatic heterocycles. The first-order valence-electron chi connectivity index (χ1n) is 5.84. The van der Waals surface area contributed by atoms with Crippen molar-refractivity contribution in [1.29, 1.82) is 5.26 Å². The van der Waals surface area contributed by atoms with E-state index in [2.05, 4.69) is 11.1 Å². The van der Waals surface area contributed by atoms with Gasteiger partial charge in [0.05, 0.1) is 6.07 Å². The Morgan fingerprint density at radius 2 is 1.72 bits per heavy atom. The van der Waals surface area contributed by atoms with Crippen LogP contribution in [0.25, 0.3) is 0 Å². The molecule has 0 N–H and O–H groups in total. The summed E-state index contributed by atoms with van der Waals surface area (Å²) in [7, 11) is 0. The lowest BCUT2D eigenvalue weighted by atomic mass is 10.1. The Bertz CT molecular complexity index is 562. The van der Waals surface area contributed by atoms with Crippen LogP contribution in [-0.4, -0.2) is 6.21 Å². The number of aliphatic imine (C=N–C) groups is 1. The Balaban J connectivity index is 2.18. The van der Waals surface area contributed by atoms with Gasteiger partial charge in [0, 0.05) is 6.21 Å². The van der Waals surface area contributed by atoms with Gasteiger partial charge in [-0.05, 0) is 18.1 Å². The minimum Gasteiger partial charge on any atom is -0.269 e. The van der Waals surface area contributed by atoms with Crippen LogP contribution in [-0.2, 0) is 0 Å². The predicted molar refractivity (Wildman–Crippen MR) is 73.6 cm³/mol. The Morgan fingerprint density at radius 3 is 2.33 bits per heavy atom. The van der Waals surface area contributed by atoms with Gasteiger partial charge in [-0.25, -0.2) is 0 Å². The monoisotopic (exact) mass is 234 g/mol. The second kappa shape index (κ2) is 5.79. The molecule has 0 aromatic heterocycles.